The van der Waals surface area contributed by atoms with Gasteiger partial charge in [0.1, 0.15) is 15.7 Å². The highest BCUT2D eigenvalue weighted by Crippen LogP contribution is 2.35. The Kier molecular flexibility index (Phi) is 18.0. The van der Waals surface area contributed by atoms with Crippen LogP contribution in [0.2, 0.25) is 4.34 Å². The molecule has 2 aromatic carbocycles. The number of alkyl halides is 3. The smallest absolute Gasteiger partial charge is 0.434 e. The zero-order valence-corrected chi connectivity index (χ0v) is 31.3. The van der Waals surface area contributed by atoms with Crippen molar-refractivity contribution in [1.29, 1.82) is 0 Å². The average Bonchev–Trinajstić information content (AvgIpc) is 3.55. The molecule has 5 aromatic rings. The van der Waals surface area contributed by atoms with Crippen LogP contribution in [0.25, 0.3) is 11.0 Å². The molecule has 298 valence electrons. The van der Waals surface area contributed by atoms with Gasteiger partial charge in [-0.1, -0.05) is 78.7 Å². The van der Waals surface area contributed by atoms with Crippen molar-refractivity contribution < 1.29 is 67.4 Å². The van der Waals surface area contributed by atoms with E-state index in [0.717, 1.165) is 30.2 Å². The normalized spacial score (nSPS) is 10.7. The Morgan fingerprint density at radius 1 is 0.786 bits per heavy atom. The molecule has 0 atom stereocenters. The van der Waals surface area contributed by atoms with Gasteiger partial charge < -0.3 is 35.1 Å². The van der Waals surface area contributed by atoms with Crippen LogP contribution in [0, 0.1) is 0 Å². The van der Waals surface area contributed by atoms with E-state index in [1.165, 1.54) is 30.8 Å². The van der Waals surface area contributed by atoms with Gasteiger partial charge in [-0.3, -0.25) is 4.79 Å². The number of aliphatic hydroxyl groups is 1. The lowest BCUT2D eigenvalue weighted by molar-refractivity contribution is -0.155. The van der Waals surface area contributed by atoms with E-state index in [2.05, 4.69) is 9.97 Å². The van der Waals surface area contributed by atoms with Gasteiger partial charge in [-0.25, -0.2) is 24.4 Å². The Labute approximate surface area is 326 Å². The van der Waals surface area contributed by atoms with E-state index in [9.17, 15) is 47.4 Å². The Balaban J connectivity index is 0.000000264. The summed E-state index contributed by atoms with van der Waals surface area (Å²) in [6, 6.07) is 20.6. The summed E-state index contributed by atoms with van der Waals surface area (Å²) in [4.78, 5) is 59.9. The molecule has 0 spiro atoms. The number of hydrogen-bond acceptors (Lipinski definition) is 10. The van der Waals surface area contributed by atoms with E-state index in [4.69, 9.17) is 31.7 Å². The molecular formula is C38H36ClF3N2O11S. The molecule has 0 aliphatic heterocycles. The van der Waals surface area contributed by atoms with Crippen molar-refractivity contribution in [1.82, 2.24) is 9.97 Å². The molecule has 13 nitrogen and oxygen atoms in total. The standard InChI is InChI=1S/C14H12O3.C10H5F3N2O2.C8H14O3.C6H5ClO3S/c15-13(16)14(17,11-7-3-1-4-8-11)12-9-5-2-6-10-12;11-10(12,13)7-6(9(16)17)4-5-2-1-3-14-8(5)15-7;1-7(9)5-3-2-4-6-8(10)11;1-10-4-3(6(8)9)2-11-5(4)7/h1-10,17H,(H,15,16);1-4H,(H,16,17);2-6H2,1H3,(H,10,11);2H,1H3,(H,8,9). The number of methoxy groups -OCH3 is 1. The molecule has 0 saturated carbocycles. The van der Waals surface area contributed by atoms with Crippen LogP contribution < -0.4 is 4.74 Å². The van der Waals surface area contributed by atoms with Crippen LogP contribution in [0.3, 0.4) is 0 Å². The van der Waals surface area contributed by atoms with Gasteiger partial charge in [0.2, 0.25) is 5.60 Å². The van der Waals surface area contributed by atoms with Crippen molar-refractivity contribution in [3.63, 3.8) is 0 Å². The lowest BCUT2D eigenvalue weighted by Gasteiger charge is -2.24. The molecule has 5 rings (SSSR count). The maximum absolute atomic E-state index is 12.6. The number of hydrogen-bond donors (Lipinski definition) is 5. The van der Waals surface area contributed by atoms with Crippen LogP contribution >= 0.6 is 22.9 Å². The number of benzene rings is 2. The molecule has 0 unspecified atom stereocenters. The van der Waals surface area contributed by atoms with E-state index < -0.39 is 46.9 Å². The predicted octanol–water partition coefficient (Wildman–Crippen LogP) is 8.07. The Bertz CT molecular complexity index is 2040. The van der Waals surface area contributed by atoms with Crippen LogP contribution in [-0.2, 0) is 26.2 Å². The molecule has 18 heteroatoms. The van der Waals surface area contributed by atoms with Gasteiger partial charge in [-0.15, -0.1) is 11.3 Å². The van der Waals surface area contributed by atoms with Crippen LogP contribution in [0.4, 0.5) is 13.2 Å². The second-order valence-electron chi connectivity index (χ2n) is 11.4. The van der Waals surface area contributed by atoms with Crippen LogP contribution in [0.15, 0.2) is 90.4 Å². The van der Waals surface area contributed by atoms with E-state index in [-0.39, 0.29) is 34.6 Å². The molecule has 56 heavy (non-hydrogen) atoms. The Morgan fingerprint density at radius 3 is 1.75 bits per heavy atom. The first-order chi connectivity index (χ1) is 26.3. The first kappa shape index (κ1) is 46.2. The van der Waals surface area contributed by atoms with E-state index in [1.807, 2.05) is 0 Å². The third-order valence-electron chi connectivity index (χ3n) is 7.34. The van der Waals surface area contributed by atoms with Gasteiger partial charge in [-0.05, 0) is 49.1 Å². The topological polar surface area (TPSA) is 222 Å². The first-order valence-corrected chi connectivity index (χ1v) is 17.5. The minimum absolute atomic E-state index is 0.113. The summed E-state index contributed by atoms with van der Waals surface area (Å²) in [5.41, 5.74) is -3.64. The number of unbranched alkanes of at least 4 members (excludes halogenated alkanes) is 2. The monoisotopic (exact) mass is 820 g/mol. The zero-order chi connectivity index (χ0) is 42.1. The number of rotatable bonds is 12. The number of aromatic carboxylic acids is 2. The molecule has 0 bridgehead atoms. The Hall–Kier alpha value is -5.91. The minimum atomic E-state index is -4.82. The summed E-state index contributed by atoms with van der Waals surface area (Å²) in [5, 5.41) is 47.0. The van der Waals surface area contributed by atoms with Crippen LogP contribution in [0.1, 0.15) is 76.6 Å². The maximum atomic E-state index is 12.6. The largest absolute Gasteiger partial charge is 0.493 e. The van der Waals surface area contributed by atoms with E-state index in [0.29, 0.717) is 28.3 Å². The van der Waals surface area contributed by atoms with Crippen molar-refractivity contribution in [2.75, 3.05) is 7.11 Å². The minimum Gasteiger partial charge on any atom is -0.493 e. The number of halogens is 4. The number of nitrogens with zero attached hydrogens (tertiary/aromatic N) is 2. The molecule has 0 fully saturated rings. The van der Waals surface area contributed by atoms with Gasteiger partial charge in [0.05, 0.1) is 12.7 Å². The van der Waals surface area contributed by atoms with Crippen LogP contribution in [-0.4, -0.2) is 72.3 Å². The van der Waals surface area contributed by atoms with E-state index in [1.54, 1.807) is 67.6 Å². The summed E-state index contributed by atoms with van der Waals surface area (Å²) in [6.45, 7) is 1.55. The summed E-state index contributed by atoms with van der Waals surface area (Å²) in [6.07, 6.45) is -0.385. The molecule has 0 amide bonds. The molecule has 3 aromatic heterocycles. The lowest BCUT2D eigenvalue weighted by Crippen LogP contribution is -2.36. The van der Waals surface area contributed by atoms with Crippen molar-refractivity contribution in [3.8, 4) is 5.75 Å². The van der Waals surface area contributed by atoms with Gasteiger partial charge in [0.25, 0.3) is 0 Å². The number of pyridine rings is 2. The fraction of sp³-hybridized carbons (Fsp3) is 0.237. The second kappa shape index (κ2) is 21.8. The number of ether oxygens (including phenoxy) is 1. The molecule has 3 heterocycles. The maximum Gasteiger partial charge on any atom is 0.434 e. The number of ketones is 1. The summed E-state index contributed by atoms with van der Waals surface area (Å²) < 4.78 is 42.9. The fourth-order valence-electron chi connectivity index (χ4n) is 4.65. The SMILES string of the molecule is CC(=O)CCCCCC(=O)O.COc1c(C(=O)O)csc1Cl.O=C(O)C(O)(c1ccccc1)c1ccccc1.O=C(O)c1cc2cccnc2nc1C(F)(F)F. The highest BCUT2D eigenvalue weighted by Gasteiger charge is 2.40. The van der Waals surface area contributed by atoms with Crippen LogP contribution in [0.5, 0.6) is 5.75 Å². The number of Topliss-reactive ketones (excluding diaryl/α,β-unsaturated/α-hetero) is 1. The number of carboxylic acid groups (broad SMARTS) is 4. The number of aromatic nitrogens is 2. The quantitative estimate of drug-likeness (QED) is 0.0752. The summed E-state index contributed by atoms with van der Waals surface area (Å²) in [7, 11) is 1.39. The first-order valence-electron chi connectivity index (χ1n) is 16.2. The molecule has 5 N–H and O–H groups in total. The molecular weight excluding hydrogens is 785 g/mol. The third kappa shape index (κ3) is 13.7. The summed E-state index contributed by atoms with van der Waals surface area (Å²) >= 11 is 6.76. The van der Waals surface area contributed by atoms with E-state index >= 15 is 0 Å². The van der Waals surface area contributed by atoms with Gasteiger partial charge in [-0.2, -0.15) is 13.2 Å². The van der Waals surface area contributed by atoms with Gasteiger partial charge in [0.15, 0.2) is 17.1 Å². The predicted molar refractivity (Wildman–Crippen MR) is 199 cm³/mol. The average molecular weight is 821 g/mol. The third-order valence-corrected chi connectivity index (χ3v) is 8.52. The van der Waals surface area contributed by atoms with Gasteiger partial charge in [0, 0.05) is 29.8 Å². The van der Waals surface area contributed by atoms with Crippen molar-refractivity contribution in [3.05, 3.63) is 123 Å². The van der Waals surface area contributed by atoms with Crippen molar-refractivity contribution in [2.45, 2.75) is 50.8 Å². The number of thiophene rings is 1. The second-order valence-corrected chi connectivity index (χ2v) is 12.9. The number of carbonyl (C=O) groups excluding carboxylic acids is 1. The highest BCUT2D eigenvalue weighted by molar-refractivity contribution is 7.15. The lowest BCUT2D eigenvalue weighted by atomic mass is 9.86. The number of aliphatic carboxylic acids is 2. The fourth-order valence-corrected chi connectivity index (χ4v) is 5.69. The Morgan fingerprint density at radius 2 is 1.32 bits per heavy atom. The highest BCUT2D eigenvalue weighted by atomic mass is 35.5. The molecule has 0 aliphatic carbocycles. The molecule has 0 radical (unpaired) electrons. The molecule has 0 saturated heterocycles. The summed E-state index contributed by atoms with van der Waals surface area (Å²) in [5.74, 6) is -4.31. The number of carboxylic acids is 4. The van der Waals surface area contributed by atoms with Gasteiger partial charge >= 0.3 is 30.1 Å². The number of fused-ring (bicyclic) bond motifs is 1. The van der Waals surface area contributed by atoms with Crippen molar-refractivity contribution in [2.24, 2.45) is 0 Å². The molecule has 0 aliphatic rings. The van der Waals surface area contributed by atoms with Crippen molar-refractivity contribution >= 4 is 63.6 Å². The number of carbonyl (C=O) groups is 5. The zero-order valence-electron chi connectivity index (χ0n) is 29.7.